The van der Waals surface area contributed by atoms with Crippen molar-refractivity contribution in [2.24, 2.45) is 0 Å². The van der Waals surface area contributed by atoms with Gasteiger partial charge in [-0.3, -0.25) is 0 Å². The Balaban J connectivity index is 2.08. The molecule has 0 spiro atoms. The number of thiophene rings is 1. The molecule has 0 amide bonds. The molecule has 72 valence electrons. The van der Waals surface area contributed by atoms with E-state index in [9.17, 15) is 0 Å². The molecule has 0 radical (unpaired) electrons. The van der Waals surface area contributed by atoms with Gasteiger partial charge in [0.15, 0.2) is 0 Å². The molecule has 1 aliphatic heterocycles. The van der Waals surface area contributed by atoms with Gasteiger partial charge in [0.25, 0.3) is 0 Å². The molecule has 1 saturated heterocycles. The summed E-state index contributed by atoms with van der Waals surface area (Å²) in [6.45, 7) is 5.74. The van der Waals surface area contributed by atoms with Gasteiger partial charge in [-0.15, -0.1) is 11.3 Å². The summed E-state index contributed by atoms with van der Waals surface area (Å²) in [5, 5.41) is 7.22. The summed E-state index contributed by atoms with van der Waals surface area (Å²) in [4.78, 5) is 1.48. The molecule has 0 aromatic carbocycles. The molecule has 3 unspecified atom stereocenters. The van der Waals surface area contributed by atoms with Crippen LogP contribution in [-0.2, 0) is 0 Å². The van der Waals surface area contributed by atoms with E-state index in [0.717, 1.165) is 11.8 Å². The fraction of sp³-hybridized carbons (Fsp3) is 0.600. The van der Waals surface area contributed by atoms with Crippen molar-refractivity contribution in [1.29, 1.82) is 0 Å². The van der Waals surface area contributed by atoms with Crippen molar-refractivity contribution in [3.63, 3.8) is 0 Å². The molecule has 3 heteroatoms. The summed E-state index contributed by atoms with van der Waals surface area (Å²) in [5.74, 6) is 0. The SMILES string of the molecule is CC1CNC(c2cccs2)C(C)S1. The Kier molecular flexibility index (Phi) is 2.96. The zero-order valence-corrected chi connectivity index (χ0v) is 9.62. The normalized spacial score (nSPS) is 34.8. The molecule has 3 atom stereocenters. The monoisotopic (exact) mass is 213 g/mol. The fourth-order valence-corrected chi connectivity index (χ4v) is 4.07. The lowest BCUT2D eigenvalue weighted by atomic mass is 10.1. The van der Waals surface area contributed by atoms with E-state index in [1.165, 1.54) is 4.88 Å². The molecule has 13 heavy (non-hydrogen) atoms. The number of hydrogen-bond acceptors (Lipinski definition) is 3. The van der Waals surface area contributed by atoms with Crippen molar-refractivity contribution in [2.45, 2.75) is 30.4 Å². The molecule has 2 rings (SSSR count). The van der Waals surface area contributed by atoms with E-state index >= 15 is 0 Å². The van der Waals surface area contributed by atoms with Crippen LogP contribution in [0.15, 0.2) is 17.5 Å². The van der Waals surface area contributed by atoms with Crippen LogP contribution in [0.3, 0.4) is 0 Å². The van der Waals surface area contributed by atoms with Gasteiger partial charge < -0.3 is 5.32 Å². The quantitative estimate of drug-likeness (QED) is 0.770. The Hall–Kier alpha value is 0.01000. The lowest BCUT2D eigenvalue weighted by Gasteiger charge is -2.32. The Morgan fingerprint density at radius 3 is 2.92 bits per heavy atom. The minimum Gasteiger partial charge on any atom is -0.307 e. The number of nitrogens with one attached hydrogen (secondary N) is 1. The standard InChI is InChI=1S/C10H15NS2/c1-7-6-11-10(8(2)13-7)9-4-3-5-12-9/h3-5,7-8,10-11H,6H2,1-2H3. The number of rotatable bonds is 1. The van der Waals surface area contributed by atoms with Crippen LogP contribution in [0, 0.1) is 0 Å². The Labute approximate surface area is 87.9 Å². The van der Waals surface area contributed by atoms with Gasteiger partial charge >= 0.3 is 0 Å². The zero-order valence-electron chi connectivity index (χ0n) is 7.99. The molecule has 1 aromatic heterocycles. The molecule has 0 saturated carbocycles. The van der Waals surface area contributed by atoms with Gasteiger partial charge in [-0.1, -0.05) is 19.9 Å². The molecule has 0 aliphatic carbocycles. The summed E-state index contributed by atoms with van der Waals surface area (Å²) in [6.07, 6.45) is 0. The molecule has 1 aromatic rings. The Morgan fingerprint density at radius 1 is 1.46 bits per heavy atom. The summed E-state index contributed by atoms with van der Waals surface area (Å²) in [6, 6.07) is 4.94. The summed E-state index contributed by atoms with van der Waals surface area (Å²) < 4.78 is 0. The zero-order chi connectivity index (χ0) is 9.26. The predicted molar refractivity (Wildman–Crippen MR) is 61.6 cm³/mol. The van der Waals surface area contributed by atoms with Crippen LogP contribution in [-0.4, -0.2) is 17.0 Å². The maximum atomic E-state index is 3.61. The molecule has 1 aliphatic rings. The first-order chi connectivity index (χ1) is 6.27. The van der Waals surface area contributed by atoms with Crippen molar-refractivity contribution in [3.05, 3.63) is 22.4 Å². The molecule has 2 heterocycles. The van der Waals surface area contributed by atoms with E-state index < -0.39 is 0 Å². The van der Waals surface area contributed by atoms with Crippen molar-refractivity contribution < 1.29 is 0 Å². The van der Waals surface area contributed by atoms with Crippen LogP contribution in [0.1, 0.15) is 24.8 Å². The van der Waals surface area contributed by atoms with Crippen LogP contribution in [0.4, 0.5) is 0 Å². The third-order valence-electron chi connectivity index (χ3n) is 2.39. The van der Waals surface area contributed by atoms with Crippen LogP contribution >= 0.6 is 23.1 Å². The van der Waals surface area contributed by atoms with Crippen LogP contribution in [0.25, 0.3) is 0 Å². The number of thioether (sulfide) groups is 1. The highest BCUT2D eigenvalue weighted by molar-refractivity contribution is 8.00. The first kappa shape index (κ1) is 9.56. The Morgan fingerprint density at radius 2 is 2.31 bits per heavy atom. The van der Waals surface area contributed by atoms with E-state index in [0.29, 0.717) is 11.3 Å². The van der Waals surface area contributed by atoms with Crippen LogP contribution in [0.5, 0.6) is 0 Å². The minimum atomic E-state index is 0.571. The first-order valence-corrected chi connectivity index (χ1v) is 6.52. The largest absolute Gasteiger partial charge is 0.307 e. The summed E-state index contributed by atoms with van der Waals surface area (Å²) >= 11 is 3.95. The maximum Gasteiger partial charge on any atom is 0.0533 e. The van der Waals surface area contributed by atoms with Crippen molar-refractivity contribution in [2.75, 3.05) is 6.54 Å². The Bertz CT molecular complexity index is 258. The molecule has 1 nitrogen and oxygen atoms in total. The van der Waals surface area contributed by atoms with Gasteiger partial charge in [-0.2, -0.15) is 11.8 Å². The highest BCUT2D eigenvalue weighted by Gasteiger charge is 2.26. The van der Waals surface area contributed by atoms with Gasteiger partial charge in [0.2, 0.25) is 0 Å². The average Bonchev–Trinajstić information content (AvgIpc) is 2.56. The topological polar surface area (TPSA) is 12.0 Å². The van der Waals surface area contributed by atoms with Gasteiger partial charge in [-0.05, 0) is 11.4 Å². The molecule has 0 bridgehead atoms. The van der Waals surface area contributed by atoms with E-state index in [2.05, 4.69) is 48.4 Å². The van der Waals surface area contributed by atoms with Crippen molar-refractivity contribution in [3.8, 4) is 0 Å². The van der Waals surface area contributed by atoms with Crippen molar-refractivity contribution >= 4 is 23.1 Å². The van der Waals surface area contributed by atoms with Gasteiger partial charge in [-0.25, -0.2) is 0 Å². The lowest BCUT2D eigenvalue weighted by Crippen LogP contribution is -2.38. The highest BCUT2D eigenvalue weighted by atomic mass is 32.2. The minimum absolute atomic E-state index is 0.571. The van der Waals surface area contributed by atoms with E-state index in [-0.39, 0.29) is 0 Å². The van der Waals surface area contributed by atoms with E-state index in [4.69, 9.17) is 0 Å². The molecular weight excluding hydrogens is 198 g/mol. The predicted octanol–water partition coefficient (Wildman–Crippen LogP) is 2.90. The third-order valence-corrected chi connectivity index (χ3v) is 4.68. The lowest BCUT2D eigenvalue weighted by molar-refractivity contribution is 0.517. The van der Waals surface area contributed by atoms with Crippen LogP contribution < -0.4 is 5.32 Å². The van der Waals surface area contributed by atoms with E-state index in [1.54, 1.807) is 0 Å². The third kappa shape index (κ3) is 2.09. The number of hydrogen-bond donors (Lipinski definition) is 1. The fourth-order valence-electron chi connectivity index (χ4n) is 1.75. The van der Waals surface area contributed by atoms with Gasteiger partial charge in [0.05, 0.1) is 6.04 Å². The second kappa shape index (κ2) is 4.03. The van der Waals surface area contributed by atoms with Gasteiger partial charge in [0.1, 0.15) is 0 Å². The second-order valence-electron chi connectivity index (χ2n) is 3.55. The van der Waals surface area contributed by atoms with E-state index in [1.807, 2.05) is 11.3 Å². The smallest absolute Gasteiger partial charge is 0.0533 e. The van der Waals surface area contributed by atoms with Gasteiger partial charge in [0, 0.05) is 21.9 Å². The molecule has 1 N–H and O–H groups in total. The molecule has 1 fully saturated rings. The second-order valence-corrected chi connectivity index (χ2v) is 6.35. The average molecular weight is 213 g/mol. The van der Waals surface area contributed by atoms with Crippen molar-refractivity contribution in [1.82, 2.24) is 5.32 Å². The summed E-state index contributed by atoms with van der Waals surface area (Å²) in [5.41, 5.74) is 0. The molecular formula is C10H15NS2. The summed E-state index contributed by atoms with van der Waals surface area (Å²) in [7, 11) is 0. The maximum absolute atomic E-state index is 3.61. The highest BCUT2D eigenvalue weighted by Crippen LogP contribution is 2.34. The van der Waals surface area contributed by atoms with Crippen LogP contribution in [0.2, 0.25) is 0 Å². The first-order valence-electron chi connectivity index (χ1n) is 4.69.